The molecule has 4 atom stereocenters. The minimum absolute atomic E-state index is 0.0238. The molecule has 0 bridgehead atoms. The number of halogens is 1. The normalized spacial score (nSPS) is 25.3. The molecule has 1 unspecified atom stereocenters. The highest BCUT2D eigenvalue weighted by Gasteiger charge is 2.45. The van der Waals surface area contributed by atoms with E-state index in [2.05, 4.69) is 25.6 Å². The Labute approximate surface area is 144 Å². The number of hydrogen-bond acceptors (Lipinski definition) is 8. The minimum atomic E-state index is -1.82. The number of alkyl halides is 1. The van der Waals surface area contributed by atoms with Gasteiger partial charge in [0, 0.05) is 0 Å². The number of carbonyl (C=O) groups is 2. The number of aliphatic carboxylic acids is 1. The molecule has 140 valence electrons. The molecule has 0 aliphatic carbocycles. The Hall–Kier alpha value is -2.90. The van der Waals surface area contributed by atoms with E-state index in [0.717, 1.165) is 6.33 Å². The topological polar surface area (TPSA) is 172 Å². The van der Waals surface area contributed by atoms with E-state index in [0.29, 0.717) is 0 Å². The molecule has 0 spiro atoms. The molecule has 1 fully saturated rings. The van der Waals surface area contributed by atoms with Crippen molar-refractivity contribution in [1.29, 1.82) is 0 Å². The highest BCUT2D eigenvalue weighted by Crippen LogP contribution is 2.33. The number of carboxylic acid groups (broad SMARTS) is 1. The number of hydrogen-bond donors (Lipinski definition) is 5. The first-order chi connectivity index (χ1) is 12.4. The molecule has 13 heteroatoms. The van der Waals surface area contributed by atoms with Crippen molar-refractivity contribution >= 4 is 29.0 Å². The molecule has 2 aromatic rings. The number of ether oxygens (including phenoxy) is 1. The molecule has 0 radical (unpaired) electrons. The summed E-state index contributed by atoms with van der Waals surface area (Å²) in [5.41, 5.74) is 0.225. The summed E-state index contributed by atoms with van der Waals surface area (Å²) in [6, 6.07) is -0.821. The predicted octanol–water partition coefficient (Wildman–Crippen LogP) is -1.38. The van der Waals surface area contributed by atoms with Gasteiger partial charge in [-0.1, -0.05) is 0 Å². The molecule has 3 rings (SSSR count). The Balaban J connectivity index is 1.85. The fraction of sp³-hybridized carbons (Fsp3) is 0.462. The van der Waals surface area contributed by atoms with Gasteiger partial charge in [-0.15, -0.1) is 0 Å². The summed E-state index contributed by atoms with van der Waals surface area (Å²) in [6.07, 6.45) is -3.40. The van der Waals surface area contributed by atoms with Crippen LogP contribution in [0.2, 0.25) is 0 Å². The Morgan fingerprint density at radius 2 is 2.12 bits per heavy atom. The molecule has 5 N–H and O–H groups in total. The van der Waals surface area contributed by atoms with Crippen LogP contribution in [0.4, 0.5) is 15.0 Å². The summed E-state index contributed by atoms with van der Waals surface area (Å²) in [4.78, 5) is 34.0. The van der Waals surface area contributed by atoms with E-state index < -0.39 is 49.8 Å². The molecule has 0 saturated carbocycles. The highest BCUT2D eigenvalue weighted by atomic mass is 19.1. The van der Waals surface area contributed by atoms with Gasteiger partial charge in [-0.3, -0.25) is 14.7 Å². The average molecular weight is 370 g/mol. The largest absolute Gasteiger partial charge is 0.480 e. The number of anilines is 1. The lowest BCUT2D eigenvalue weighted by atomic mass is 10.1. The lowest BCUT2D eigenvalue weighted by Gasteiger charge is -2.15. The van der Waals surface area contributed by atoms with Crippen LogP contribution in [-0.4, -0.2) is 78.4 Å². The van der Waals surface area contributed by atoms with Crippen molar-refractivity contribution < 1.29 is 34.0 Å². The molecule has 1 saturated heterocycles. The van der Waals surface area contributed by atoms with Crippen LogP contribution < -0.4 is 10.6 Å². The standard InChI is InChI=1S/C13H15FN6O6/c14-7-9(24)5(2-21)26-12(7)20-4-18-8-10(16-3-17-11(8)20)19-13(25)15-1-6(22)23/h3-5,7,9,12,21,24H,1-2H2,(H,22,23)(H2,15,16,17,19,25)/t5-,7+,9?,12-/m1/s1. The number of rotatable bonds is 5. The molecule has 1 aliphatic heterocycles. The van der Waals surface area contributed by atoms with Crippen molar-refractivity contribution in [3.8, 4) is 0 Å². The Kier molecular flexibility index (Phi) is 4.92. The summed E-state index contributed by atoms with van der Waals surface area (Å²) < 4.78 is 20.8. The monoisotopic (exact) mass is 370 g/mol. The first kappa shape index (κ1) is 17.9. The van der Waals surface area contributed by atoms with Crippen molar-refractivity contribution in [1.82, 2.24) is 24.8 Å². The van der Waals surface area contributed by atoms with E-state index in [9.17, 15) is 19.1 Å². The predicted molar refractivity (Wildman–Crippen MR) is 81.9 cm³/mol. The summed E-state index contributed by atoms with van der Waals surface area (Å²) in [6.45, 7) is -1.15. The zero-order chi connectivity index (χ0) is 18.8. The smallest absolute Gasteiger partial charge is 0.323 e. The Morgan fingerprint density at radius 3 is 2.77 bits per heavy atom. The number of carbonyl (C=O) groups excluding carboxylic acids is 1. The number of fused-ring (bicyclic) bond motifs is 1. The van der Waals surface area contributed by atoms with Crippen LogP contribution in [0.3, 0.4) is 0 Å². The quantitative estimate of drug-likeness (QED) is 0.425. The van der Waals surface area contributed by atoms with Crippen molar-refractivity contribution in [3.05, 3.63) is 12.7 Å². The third-order valence-electron chi connectivity index (χ3n) is 3.74. The van der Waals surface area contributed by atoms with Crippen LogP contribution in [-0.2, 0) is 9.53 Å². The SMILES string of the molecule is O=C(O)CNC(=O)Nc1ncnc2c1ncn2[C@@H]1O[C@H](CO)C(O)[C@@H]1F. The Morgan fingerprint density at radius 1 is 1.35 bits per heavy atom. The maximum Gasteiger partial charge on any atom is 0.323 e. The van der Waals surface area contributed by atoms with E-state index in [1.54, 1.807) is 0 Å². The molecule has 0 aromatic carbocycles. The number of aliphatic hydroxyl groups is 2. The van der Waals surface area contributed by atoms with Crippen LogP contribution in [0.25, 0.3) is 11.2 Å². The second-order valence-corrected chi connectivity index (χ2v) is 5.43. The van der Waals surface area contributed by atoms with Gasteiger partial charge in [0.05, 0.1) is 12.9 Å². The molecule has 12 nitrogen and oxygen atoms in total. The average Bonchev–Trinajstić information content (AvgIpc) is 3.16. The van der Waals surface area contributed by atoms with Crippen molar-refractivity contribution in [2.45, 2.75) is 24.6 Å². The maximum absolute atomic E-state index is 14.3. The van der Waals surface area contributed by atoms with Crippen LogP contribution in [0.1, 0.15) is 6.23 Å². The third kappa shape index (κ3) is 3.26. The molecule has 26 heavy (non-hydrogen) atoms. The molecule has 3 heterocycles. The van der Waals surface area contributed by atoms with Crippen LogP contribution in [0, 0.1) is 0 Å². The van der Waals surface area contributed by atoms with Gasteiger partial charge in [0.15, 0.2) is 29.4 Å². The molecule has 1 aliphatic rings. The number of urea groups is 1. The van der Waals surface area contributed by atoms with E-state index >= 15 is 0 Å². The fourth-order valence-corrected chi connectivity index (χ4v) is 2.52. The first-order valence-corrected chi connectivity index (χ1v) is 7.45. The van der Waals surface area contributed by atoms with Crippen molar-refractivity contribution in [2.24, 2.45) is 0 Å². The van der Waals surface area contributed by atoms with Gasteiger partial charge < -0.3 is 25.4 Å². The lowest BCUT2D eigenvalue weighted by molar-refractivity contribution is -0.135. The lowest BCUT2D eigenvalue weighted by Crippen LogP contribution is -2.33. The number of aliphatic hydroxyl groups excluding tert-OH is 2. The second kappa shape index (κ2) is 7.15. The van der Waals surface area contributed by atoms with Crippen LogP contribution >= 0.6 is 0 Å². The molecule has 2 aromatic heterocycles. The maximum atomic E-state index is 14.3. The van der Waals surface area contributed by atoms with E-state index in [4.69, 9.17) is 14.9 Å². The van der Waals surface area contributed by atoms with E-state index in [-0.39, 0.29) is 17.0 Å². The van der Waals surface area contributed by atoms with E-state index in [1.165, 1.54) is 10.9 Å². The minimum Gasteiger partial charge on any atom is -0.480 e. The van der Waals surface area contributed by atoms with Gasteiger partial charge in [-0.05, 0) is 0 Å². The number of amides is 2. The number of aromatic nitrogens is 4. The van der Waals surface area contributed by atoms with Gasteiger partial charge in [0.2, 0.25) is 0 Å². The number of nitrogens with one attached hydrogen (secondary N) is 2. The van der Waals surface area contributed by atoms with Gasteiger partial charge in [0.1, 0.15) is 25.1 Å². The van der Waals surface area contributed by atoms with Gasteiger partial charge in [0.25, 0.3) is 0 Å². The van der Waals surface area contributed by atoms with E-state index in [1.807, 2.05) is 0 Å². The zero-order valence-corrected chi connectivity index (χ0v) is 13.1. The van der Waals surface area contributed by atoms with Gasteiger partial charge in [-0.2, -0.15) is 0 Å². The molecule has 2 amide bonds. The fourth-order valence-electron chi connectivity index (χ4n) is 2.52. The van der Waals surface area contributed by atoms with Crippen molar-refractivity contribution in [2.75, 3.05) is 18.5 Å². The van der Waals surface area contributed by atoms with Crippen LogP contribution in [0.15, 0.2) is 12.7 Å². The summed E-state index contributed by atoms with van der Waals surface area (Å²) in [5, 5.41) is 31.8. The summed E-state index contributed by atoms with van der Waals surface area (Å²) in [7, 11) is 0. The first-order valence-electron chi connectivity index (χ1n) is 7.45. The van der Waals surface area contributed by atoms with Crippen molar-refractivity contribution in [3.63, 3.8) is 0 Å². The number of nitrogens with zero attached hydrogens (tertiary/aromatic N) is 4. The highest BCUT2D eigenvalue weighted by molar-refractivity contribution is 5.96. The second-order valence-electron chi connectivity index (χ2n) is 5.43. The number of imidazole rings is 1. The summed E-state index contributed by atoms with van der Waals surface area (Å²) in [5.74, 6) is -1.24. The Bertz CT molecular complexity index is 831. The van der Waals surface area contributed by atoms with Crippen LogP contribution in [0.5, 0.6) is 0 Å². The number of carboxylic acids is 1. The zero-order valence-electron chi connectivity index (χ0n) is 13.1. The van der Waals surface area contributed by atoms with Gasteiger partial charge >= 0.3 is 12.0 Å². The molecular formula is C13H15FN6O6. The third-order valence-corrected chi connectivity index (χ3v) is 3.74. The summed E-state index contributed by atoms with van der Waals surface area (Å²) >= 11 is 0. The van der Waals surface area contributed by atoms with Gasteiger partial charge in [-0.25, -0.2) is 24.1 Å². The molecular weight excluding hydrogens is 355 g/mol.